The van der Waals surface area contributed by atoms with E-state index in [2.05, 4.69) is 24.1 Å². The first-order valence-electron chi connectivity index (χ1n) is 5.21. The summed E-state index contributed by atoms with van der Waals surface area (Å²) in [7, 11) is 0. The monoisotopic (exact) mass is 184 g/mol. The number of rotatable bonds is 1. The van der Waals surface area contributed by atoms with Gasteiger partial charge in [0.1, 0.15) is 0 Å². The average molecular weight is 184 g/mol. The Morgan fingerprint density at radius 1 is 1.38 bits per heavy atom. The van der Waals surface area contributed by atoms with E-state index in [9.17, 15) is 5.11 Å². The van der Waals surface area contributed by atoms with Gasteiger partial charge in [-0.05, 0) is 18.4 Å². The zero-order valence-corrected chi connectivity index (χ0v) is 8.58. The minimum atomic E-state index is -0.158. The Morgan fingerprint density at radius 3 is 2.62 bits per heavy atom. The summed E-state index contributed by atoms with van der Waals surface area (Å²) in [5.41, 5.74) is 0.447. The topological polar surface area (TPSA) is 35.5 Å². The quantitative estimate of drug-likeness (QED) is 0.604. The lowest BCUT2D eigenvalue weighted by Gasteiger charge is -2.27. The lowest BCUT2D eigenvalue weighted by Crippen LogP contribution is -2.42. The molecule has 0 aromatic carbocycles. The molecule has 0 aromatic rings. The standard InChI is InChI=1S/C10H20N2O/c1-10(2)3-4-12(7-10)8-5-11-6-9(8)13/h8-9,11,13H,3-7H2,1-2H3. The molecule has 0 spiro atoms. The summed E-state index contributed by atoms with van der Waals surface area (Å²) in [5.74, 6) is 0. The maximum atomic E-state index is 9.72. The Bertz CT molecular complexity index is 193. The second kappa shape index (κ2) is 3.23. The van der Waals surface area contributed by atoms with Crippen LogP contribution in [-0.2, 0) is 0 Å². The fourth-order valence-electron chi connectivity index (χ4n) is 2.46. The summed E-state index contributed by atoms with van der Waals surface area (Å²) < 4.78 is 0. The molecule has 2 atom stereocenters. The molecular weight excluding hydrogens is 164 g/mol. The molecule has 3 nitrogen and oxygen atoms in total. The third kappa shape index (κ3) is 1.87. The van der Waals surface area contributed by atoms with Gasteiger partial charge in [0, 0.05) is 25.7 Å². The van der Waals surface area contributed by atoms with Gasteiger partial charge in [-0.15, -0.1) is 0 Å². The lowest BCUT2D eigenvalue weighted by atomic mass is 9.93. The largest absolute Gasteiger partial charge is 0.390 e. The number of aliphatic hydroxyl groups is 1. The second-order valence-corrected chi connectivity index (χ2v) is 5.18. The predicted molar refractivity (Wildman–Crippen MR) is 52.6 cm³/mol. The van der Waals surface area contributed by atoms with Crippen LogP contribution in [0.1, 0.15) is 20.3 Å². The van der Waals surface area contributed by atoms with Gasteiger partial charge in [-0.25, -0.2) is 0 Å². The predicted octanol–water partition coefficient (Wildman–Crippen LogP) is 0.0510. The number of likely N-dealkylation sites (tertiary alicyclic amines) is 1. The molecule has 76 valence electrons. The van der Waals surface area contributed by atoms with Crippen molar-refractivity contribution in [2.24, 2.45) is 5.41 Å². The Balaban J connectivity index is 1.95. The maximum absolute atomic E-state index is 9.72. The first-order chi connectivity index (χ1) is 6.08. The highest BCUT2D eigenvalue weighted by molar-refractivity contribution is 4.94. The SMILES string of the molecule is CC1(C)CCN(C2CNCC2O)C1. The van der Waals surface area contributed by atoms with Crippen molar-refractivity contribution in [3.63, 3.8) is 0 Å². The van der Waals surface area contributed by atoms with Crippen molar-refractivity contribution >= 4 is 0 Å². The van der Waals surface area contributed by atoms with E-state index in [0.717, 1.165) is 26.2 Å². The molecule has 2 aliphatic rings. The van der Waals surface area contributed by atoms with Crippen LogP contribution >= 0.6 is 0 Å². The zero-order valence-electron chi connectivity index (χ0n) is 8.58. The number of aliphatic hydroxyl groups excluding tert-OH is 1. The van der Waals surface area contributed by atoms with Gasteiger partial charge in [0.2, 0.25) is 0 Å². The molecule has 0 radical (unpaired) electrons. The normalized spacial score (nSPS) is 39.9. The van der Waals surface area contributed by atoms with E-state index < -0.39 is 0 Å². The molecule has 0 amide bonds. The summed E-state index contributed by atoms with van der Waals surface area (Å²) in [6.45, 7) is 8.62. The van der Waals surface area contributed by atoms with Crippen molar-refractivity contribution in [1.29, 1.82) is 0 Å². The zero-order chi connectivity index (χ0) is 9.47. The maximum Gasteiger partial charge on any atom is 0.0831 e. The summed E-state index contributed by atoms with van der Waals surface area (Å²) in [6, 6.07) is 0.363. The van der Waals surface area contributed by atoms with Crippen LogP contribution in [0.4, 0.5) is 0 Å². The van der Waals surface area contributed by atoms with E-state index >= 15 is 0 Å². The van der Waals surface area contributed by atoms with Gasteiger partial charge in [-0.3, -0.25) is 4.90 Å². The molecule has 2 unspecified atom stereocenters. The molecule has 2 saturated heterocycles. The van der Waals surface area contributed by atoms with Crippen LogP contribution in [-0.4, -0.2) is 48.3 Å². The van der Waals surface area contributed by atoms with Crippen molar-refractivity contribution in [1.82, 2.24) is 10.2 Å². The van der Waals surface area contributed by atoms with Crippen molar-refractivity contribution in [3.05, 3.63) is 0 Å². The molecule has 2 fully saturated rings. The van der Waals surface area contributed by atoms with Crippen LogP contribution < -0.4 is 5.32 Å². The Kier molecular flexibility index (Phi) is 2.34. The third-order valence-electron chi connectivity index (χ3n) is 3.33. The van der Waals surface area contributed by atoms with Crippen LogP contribution in [0.15, 0.2) is 0 Å². The van der Waals surface area contributed by atoms with Gasteiger partial charge in [-0.2, -0.15) is 0 Å². The van der Waals surface area contributed by atoms with E-state index in [1.807, 2.05) is 0 Å². The third-order valence-corrected chi connectivity index (χ3v) is 3.33. The molecule has 0 bridgehead atoms. The highest BCUT2D eigenvalue weighted by Gasteiger charge is 2.37. The second-order valence-electron chi connectivity index (χ2n) is 5.18. The molecule has 2 rings (SSSR count). The number of nitrogens with zero attached hydrogens (tertiary/aromatic N) is 1. The van der Waals surface area contributed by atoms with Gasteiger partial charge in [0.25, 0.3) is 0 Å². The summed E-state index contributed by atoms with van der Waals surface area (Å²) >= 11 is 0. The first-order valence-corrected chi connectivity index (χ1v) is 5.21. The highest BCUT2D eigenvalue weighted by Crippen LogP contribution is 2.31. The van der Waals surface area contributed by atoms with Gasteiger partial charge in [0.15, 0.2) is 0 Å². The van der Waals surface area contributed by atoms with E-state index in [-0.39, 0.29) is 6.10 Å². The number of hydrogen-bond donors (Lipinski definition) is 2. The van der Waals surface area contributed by atoms with Crippen LogP contribution in [0, 0.1) is 5.41 Å². The Morgan fingerprint density at radius 2 is 2.15 bits per heavy atom. The Hall–Kier alpha value is -0.120. The number of β-amino-alcohol motifs (C(OH)–C–C–N with tert-alkyl or cyclic N) is 1. The van der Waals surface area contributed by atoms with E-state index in [4.69, 9.17) is 0 Å². The highest BCUT2D eigenvalue weighted by atomic mass is 16.3. The van der Waals surface area contributed by atoms with E-state index in [1.54, 1.807) is 0 Å². The fourth-order valence-corrected chi connectivity index (χ4v) is 2.46. The van der Waals surface area contributed by atoms with Crippen LogP contribution in [0.5, 0.6) is 0 Å². The smallest absolute Gasteiger partial charge is 0.0831 e. The summed E-state index contributed by atoms with van der Waals surface area (Å²) in [4.78, 5) is 2.44. The van der Waals surface area contributed by atoms with Crippen LogP contribution in [0.3, 0.4) is 0 Å². The van der Waals surface area contributed by atoms with Gasteiger partial charge >= 0.3 is 0 Å². The molecule has 3 heteroatoms. The van der Waals surface area contributed by atoms with Gasteiger partial charge < -0.3 is 10.4 Å². The molecule has 2 heterocycles. The van der Waals surface area contributed by atoms with Crippen molar-refractivity contribution in [3.8, 4) is 0 Å². The van der Waals surface area contributed by atoms with Gasteiger partial charge in [0.05, 0.1) is 6.10 Å². The summed E-state index contributed by atoms with van der Waals surface area (Å²) in [5, 5.41) is 13.0. The lowest BCUT2D eigenvalue weighted by molar-refractivity contribution is 0.0925. The number of hydrogen-bond acceptors (Lipinski definition) is 3. The number of nitrogens with one attached hydrogen (secondary N) is 1. The van der Waals surface area contributed by atoms with Crippen molar-refractivity contribution in [2.75, 3.05) is 26.2 Å². The van der Waals surface area contributed by atoms with Crippen LogP contribution in [0.25, 0.3) is 0 Å². The van der Waals surface area contributed by atoms with E-state index in [0.29, 0.717) is 11.5 Å². The molecule has 2 N–H and O–H groups in total. The molecule has 0 saturated carbocycles. The van der Waals surface area contributed by atoms with E-state index in [1.165, 1.54) is 6.42 Å². The fraction of sp³-hybridized carbons (Fsp3) is 1.00. The average Bonchev–Trinajstić information content (AvgIpc) is 2.56. The molecular formula is C10H20N2O. The van der Waals surface area contributed by atoms with Crippen molar-refractivity contribution in [2.45, 2.75) is 32.4 Å². The minimum Gasteiger partial charge on any atom is -0.390 e. The molecule has 0 aromatic heterocycles. The molecule has 0 aliphatic carbocycles. The molecule has 13 heavy (non-hydrogen) atoms. The minimum absolute atomic E-state index is 0.158. The summed E-state index contributed by atoms with van der Waals surface area (Å²) in [6.07, 6.45) is 1.10. The molecule has 2 aliphatic heterocycles. The first kappa shape index (κ1) is 9.44. The van der Waals surface area contributed by atoms with Crippen LogP contribution in [0.2, 0.25) is 0 Å². The Labute approximate surface area is 80.1 Å². The van der Waals surface area contributed by atoms with Gasteiger partial charge in [-0.1, -0.05) is 13.8 Å². The van der Waals surface area contributed by atoms with Crippen molar-refractivity contribution < 1.29 is 5.11 Å².